The number of halogens is 1. The molecule has 0 saturated carbocycles. The Bertz CT molecular complexity index is 447. The average molecular weight is 446 g/mol. The predicted octanol–water partition coefficient (Wildman–Crippen LogP) is 6.85. The fraction of sp³-hybridized carbons (Fsp3) is 0.917. The Balaban J connectivity index is 1.93. The van der Waals surface area contributed by atoms with Crippen LogP contribution in [0.1, 0.15) is 110 Å². The van der Waals surface area contributed by atoms with Gasteiger partial charge in [0.25, 0.3) is 0 Å². The van der Waals surface area contributed by atoms with Crippen LogP contribution in [-0.2, 0) is 14.3 Å². The molecule has 1 amide bonds. The first-order valence-electron chi connectivity index (χ1n) is 12.4. The van der Waals surface area contributed by atoms with E-state index in [9.17, 15) is 9.59 Å². The summed E-state index contributed by atoms with van der Waals surface area (Å²) in [5.41, 5.74) is 0. The number of hydrogen-bond acceptors (Lipinski definition) is 4. The maximum atomic E-state index is 12.3. The predicted molar refractivity (Wildman–Crippen MR) is 123 cm³/mol. The molecule has 0 radical (unpaired) electrons. The van der Waals surface area contributed by atoms with E-state index in [0.29, 0.717) is 19.6 Å². The summed E-state index contributed by atoms with van der Waals surface area (Å²) < 4.78 is 10.4. The van der Waals surface area contributed by atoms with E-state index in [1.54, 1.807) is 0 Å². The van der Waals surface area contributed by atoms with Gasteiger partial charge in [0.2, 0.25) is 0 Å². The molecule has 1 unspecified atom stereocenters. The monoisotopic (exact) mass is 445 g/mol. The van der Waals surface area contributed by atoms with Crippen molar-refractivity contribution in [2.75, 3.05) is 25.6 Å². The number of unbranched alkanes of at least 4 members (excludes halogenated alkanes) is 13. The lowest BCUT2D eigenvalue weighted by atomic mass is 10.0. The van der Waals surface area contributed by atoms with Crippen molar-refractivity contribution in [1.29, 1.82) is 0 Å². The van der Waals surface area contributed by atoms with Crippen LogP contribution in [0.5, 0.6) is 0 Å². The number of carbonyl (C=O) groups is 2. The summed E-state index contributed by atoms with van der Waals surface area (Å²) in [6, 6.07) is -0.500. The van der Waals surface area contributed by atoms with Crippen molar-refractivity contribution in [2.45, 2.75) is 116 Å². The van der Waals surface area contributed by atoms with Gasteiger partial charge in [-0.25, -0.2) is 9.59 Å². The van der Waals surface area contributed by atoms with Gasteiger partial charge in [-0.3, -0.25) is 4.90 Å². The minimum Gasteiger partial charge on any atom is -0.464 e. The van der Waals surface area contributed by atoms with Crippen LogP contribution >= 0.6 is 11.6 Å². The maximum Gasteiger partial charge on any atom is 0.410 e. The van der Waals surface area contributed by atoms with Gasteiger partial charge in [0.05, 0.1) is 12.5 Å². The van der Waals surface area contributed by atoms with E-state index in [4.69, 9.17) is 21.1 Å². The highest BCUT2D eigenvalue weighted by Gasteiger charge is 2.36. The molecule has 6 heteroatoms. The van der Waals surface area contributed by atoms with Gasteiger partial charge in [-0.1, -0.05) is 90.4 Å². The van der Waals surface area contributed by atoms with Gasteiger partial charge in [-0.15, -0.1) is 11.6 Å². The Hall–Kier alpha value is -0.970. The van der Waals surface area contributed by atoms with Crippen molar-refractivity contribution in [3.63, 3.8) is 0 Å². The molecule has 1 fully saturated rings. The molecule has 1 aliphatic heterocycles. The quantitative estimate of drug-likeness (QED) is 0.131. The largest absolute Gasteiger partial charge is 0.464 e. The van der Waals surface area contributed by atoms with Gasteiger partial charge in [0, 0.05) is 6.54 Å². The van der Waals surface area contributed by atoms with Crippen molar-refractivity contribution in [3.05, 3.63) is 0 Å². The second-order valence-corrected chi connectivity index (χ2v) is 8.80. The minimum atomic E-state index is -0.500. The third-order valence-corrected chi connectivity index (χ3v) is 5.96. The Morgan fingerprint density at radius 1 is 0.800 bits per heavy atom. The molecular weight excluding hydrogens is 402 g/mol. The highest BCUT2D eigenvalue weighted by atomic mass is 35.5. The number of ether oxygens (including phenoxy) is 2. The van der Waals surface area contributed by atoms with Gasteiger partial charge >= 0.3 is 12.1 Å². The molecule has 0 N–H and O–H groups in total. The second-order valence-electron chi connectivity index (χ2n) is 8.42. The summed E-state index contributed by atoms with van der Waals surface area (Å²) in [7, 11) is 0. The molecule has 0 aromatic heterocycles. The number of alkyl halides is 1. The lowest BCUT2D eigenvalue weighted by Crippen LogP contribution is -2.42. The Labute approximate surface area is 189 Å². The molecule has 0 bridgehead atoms. The van der Waals surface area contributed by atoms with Gasteiger partial charge in [0.1, 0.15) is 12.6 Å². The summed E-state index contributed by atoms with van der Waals surface area (Å²) in [4.78, 5) is 25.7. The van der Waals surface area contributed by atoms with E-state index in [1.165, 1.54) is 81.9 Å². The molecule has 5 nitrogen and oxygen atoms in total. The molecule has 30 heavy (non-hydrogen) atoms. The normalized spacial score (nSPS) is 16.1. The van der Waals surface area contributed by atoms with Gasteiger partial charge in [0.15, 0.2) is 0 Å². The topological polar surface area (TPSA) is 55.8 Å². The third-order valence-electron chi connectivity index (χ3n) is 5.80. The van der Waals surface area contributed by atoms with Crippen LogP contribution in [0, 0.1) is 0 Å². The summed E-state index contributed by atoms with van der Waals surface area (Å²) in [6.45, 7) is 3.41. The van der Waals surface area contributed by atoms with Crippen molar-refractivity contribution < 1.29 is 19.1 Å². The molecule has 0 aromatic rings. The Kier molecular flexibility index (Phi) is 16.9. The molecule has 1 atom stereocenters. The Morgan fingerprint density at radius 2 is 1.33 bits per heavy atom. The zero-order chi connectivity index (χ0) is 21.9. The van der Waals surface area contributed by atoms with Crippen molar-refractivity contribution in [1.82, 2.24) is 4.90 Å². The van der Waals surface area contributed by atoms with Crippen molar-refractivity contribution in [3.8, 4) is 0 Å². The van der Waals surface area contributed by atoms with Gasteiger partial charge in [-0.2, -0.15) is 0 Å². The highest BCUT2D eigenvalue weighted by molar-refractivity contribution is 6.18. The van der Waals surface area contributed by atoms with Gasteiger partial charge in [-0.05, 0) is 19.3 Å². The van der Waals surface area contributed by atoms with E-state index in [1.807, 2.05) is 0 Å². The minimum absolute atomic E-state index is 0.164. The average Bonchev–Trinajstić information content (AvgIpc) is 3.25. The summed E-state index contributed by atoms with van der Waals surface area (Å²) in [6.07, 6.45) is 19.2. The molecule has 1 rings (SSSR count). The molecular formula is C24H44ClNO4. The van der Waals surface area contributed by atoms with E-state index in [-0.39, 0.29) is 18.5 Å². The lowest BCUT2D eigenvalue weighted by molar-refractivity contribution is -0.148. The molecule has 0 spiro atoms. The number of carbonyl (C=O) groups excluding carboxylic acids is 2. The SMILES string of the molecule is CCCCCCCCCCCCCCCCOC(=O)C1CCCN1C(=O)OCCCl. The molecule has 176 valence electrons. The zero-order valence-corrected chi connectivity index (χ0v) is 19.9. The van der Waals surface area contributed by atoms with Crippen molar-refractivity contribution in [2.24, 2.45) is 0 Å². The first-order chi connectivity index (χ1) is 14.7. The fourth-order valence-corrected chi connectivity index (χ4v) is 4.08. The van der Waals surface area contributed by atoms with E-state index >= 15 is 0 Å². The molecule has 0 aromatic carbocycles. The second kappa shape index (κ2) is 18.8. The van der Waals surface area contributed by atoms with E-state index in [0.717, 1.165) is 19.3 Å². The van der Waals surface area contributed by atoms with Crippen molar-refractivity contribution >= 4 is 23.7 Å². The lowest BCUT2D eigenvalue weighted by Gasteiger charge is -2.22. The van der Waals surface area contributed by atoms with Gasteiger partial charge < -0.3 is 9.47 Å². The Morgan fingerprint density at radius 3 is 1.87 bits per heavy atom. The molecule has 1 saturated heterocycles. The van der Waals surface area contributed by atoms with E-state index in [2.05, 4.69) is 6.92 Å². The standard InChI is InChI=1S/C24H44ClNO4/c1-2-3-4-5-6-7-8-9-10-11-12-13-14-15-20-29-23(27)22-17-16-19-26(22)24(28)30-21-18-25/h22H,2-21H2,1H3. The van der Waals surface area contributed by atoms with Crippen LogP contribution in [0.3, 0.4) is 0 Å². The fourth-order valence-electron chi connectivity index (χ4n) is 4.00. The molecule has 1 heterocycles. The van der Waals surface area contributed by atoms with Crippen LogP contribution in [0.2, 0.25) is 0 Å². The summed E-state index contributed by atoms with van der Waals surface area (Å²) in [5.74, 6) is -0.0432. The highest BCUT2D eigenvalue weighted by Crippen LogP contribution is 2.20. The van der Waals surface area contributed by atoms with Crippen LogP contribution in [0.25, 0.3) is 0 Å². The summed E-state index contributed by atoms with van der Waals surface area (Å²) >= 11 is 5.54. The number of hydrogen-bond donors (Lipinski definition) is 0. The first kappa shape index (κ1) is 27.1. The number of amides is 1. The zero-order valence-electron chi connectivity index (χ0n) is 19.2. The smallest absolute Gasteiger partial charge is 0.410 e. The number of nitrogens with zero attached hydrogens (tertiary/aromatic N) is 1. The first-order valence-corrected chi connectivity index (χ1v) is 12.9. The van der Waals surface area contributed by atoms with Crippen LogP contribution in [0.4, 0.5) is 4.79 Å². The molecule has 0 aliphatic carbocycles. The molecule has 1 aliphatic rings. The maximum absolute atomic E-state index is 12.3. The number of likely N-dealkylation sites (tertiary alicyclic amines) is 1. The third kappa shape index (κ3) is 12.7. The summed E-state index contributed by atoms with van der Waals surface area (Å²) in [5, 5.41) is 0. The number of esters is 1. The van der Waals surface area contributed by atoms with Crippen LogP contribution < -0.4 is 0 Å². The van der Waals surface area contributed by atoms with Crippen LogP contribution in [-0.4, -0.2) is 48.6 Å². The van der Waals surface area contributed by atoms with Crippen LogP contribution in [0.15, 0.2) is 0 Å². The number of rotatable bonds is 18. The van der Waals surface area contributed by atoms with E-state index < -0.39 is 12.1 Å².